The van der Waals surface area contributed by atoms with Gasteiger partial charge in [-0.3, -0.25) is 14.5 Å². The van der Waals surface area contributed by atoms with Gasteiger partial charge in [0.05, 0.1) is 0 Å². The molecule has 0 aromatic heterocycles. The normalized spacial score (nSPS) is 16.5. The second-order valence-electron chi connectivity index (χ2n) is 3.66. The second-order valence-corrected chi connectivity index (χ2v) is 3.66. The number of imide groups is 1. The van der Waals surface area contributed by atoms with Crippen molar-refractivity contribution < 1.29 is 14.4 Å². The van der Waals surface area contributed by atoms with E-state index in [0.717, 1.165) is 4.90 Å². The molecular weight excluding hydrogens is 198 g/mol. The molecule has 1 N–H and O–H groups in total. The lowest BCUT2D eigenvalue weighted by molar-refractivity contribution is -0.130. The van der Waals surface area contributed by atoms with Crippen LogP contribution in [0.3, 0.4) is 0 Å². The second kappa shape index (κ2) is 4.29. The lowest BCUT2D eigenvalue weighted by Gasteiger charge is -2.19. The molecule has 0 atom stereocenters. The Balaban J connectivity index is 2.71. The Labute approximate surface area is 88.2 Å². The molecule has 4 amide bonds. The Morgan fingerprint density at radius 2 is 2.07 bits per heavy atom. The fourth-order valence-corrected chi connectivity index (χ4v) is 1.34. The average Bonchev–Trinajstić information content (AvgIpc) is 2.45. The molecule has 1 aliphatic rings. The number of hydrogen-bond acceptors (Lipinski definition) is 3. The number of carbonyl (C=O) groups excluding carboxylic acids is 3. The summed E-state index contributed by atoms with van der Waals surface area (Å²) >= 11 is 0. The summed E-state index contributed by atoms with van der Waals surface area (Å²) in [5, 5.41) is 2.37. The highest BCUT2D eigenvalue weighted by atomic mass is 16.2. The minimum absolute atomic E-state index is 0.0314. The molecular formula is C9H15N3O3. The van der Waals surface area contributed by atoms with Gasteiger partial charge in [-0.05, 0) is 13.8 Å². The van der Waals surface area contributed by atoms with Gasteiger partial charge in [-0.25, -0.2) is 4.79 Å². The van der Waals surface area contributed by atoms with Gasteiger partial charge in [-0.2, -0.15) is 0 Å². The quantitative estimate of drug-likeness (QED) is 0.637. The lowest BCUT2D eigenvalue weighted by Crippen LogP contribution is -2.41. The number of urea groups is 1. The van der Waals surface area contributed by atoms with E-state index in [0.29, 0.717) is 0 Å². The third-order valence-electron chi connectivity index (χ3n) is 2.29. The van der Waals surface area contributed by atoms with Crippen LogP contribution in [0.4, 0.5) is 4.79 Å². The first-order valence-electron chi connectivity index (χ1n) is 4.79. The largest absolute Gasteiger partial charge is 0.358 e. The van der Waals surface area contributed by atoms with Crippen molar-refractivity contribution in [2.45, 2.75) is 19.9 Å². The van der Waals surface area contributed by atoms with E-state index in [4.69, 9.17) is 0 Å². The van der Waals surface area contributed by atoms with Crippen molar-refractivity contribution in [1.29, 1.82) is 0 Å². The Hall–Kier alpha value is -1.59. The van der Waals surface area contributed by atoms with Gasteiger partial charge >= 0.3 is 6.03 Å². The minimum Gasteiger partial charge on any atom is -0.358 e. The first kappa shape index (κ1) is 11.5. The van der Waals surface area contributed by atoms with Crippen LogP contribution in [0.1, 0.15) is 13.8 Å². The van der Waals surface area contributed by atoms with Crippen LogP contribution in [0.15, 0.2) is 0 Å². The van der Waals surface area contributed by atoms with Gasteiger partial charge in [0.2, 0.25) is 5.91 Å². The van der Waals surface area contributed by atoms with Crippen LogP contribution in [-0.4, -0.2) is 53.8 Å². The van der Waals surface area contributed by atoms with E-state index in [-0.39, 0.29) is 30.9 Å². The molecule has 84 valence electrons. The Bertz CT molecular complexity index is 301. The third-order valence-corrected chi connectivity index (χ3v) is 2.29. The smallest absolute Gasteiger partial charge is 0.327 e. The maximum atomic E-state index is 11.7. The van der Waals surface area contributed by atoms with E-state index in [9.17, 15) is 14.4 Å². The van der Waals surface area contributed by atoms with Crippen LogP contribution >= 0.6 is 0 Å². The van der Waals surface area contributed by atoms with Gasteiger partial charge in [0.15, 0.2) is 0 Å². The van der Waals surface area contributed by atoms with E-state index in [1.807, 2.05) is 13.8 Å². The highest BCUT2D eigenvalue weighted by Crippen LogP contribution is 2.12. The predicted octanol–water partition coefficient (Wildman–Crippen LogP) is -0.595. The molecule has 1 saturated heterocycles. The van der Waals surface area contributed by atoms with Crippen molar-refractivity contribution >= 4 is 17.8 Å². The summed E-state index contributed by atoms with van der Waals surface area (Å²) in [6.45, 7) is 3.52. The van der Waals surface area contributed by atoms with Gasteiger partial charge in [-0.1, -0.05) is 0 Å². The van der Waals surface area contributed by atoms with Crippen LogP contribution in [-0.2, 0) is 9.59 Å². The fraction of sp³-hybridized carbons (Fsp3) is 0.667. The molecule has 1 heterocycles. The Morgan fingerprint density at radius 3 is 2.47 bits per heavy atom. The van der Waals surface area contributed by atoms with E-state index >= 15 is 0 Å². The molecule has 0 bridgehead atoms. The molecule has 6 nitrogen and oxygen atoms in total. The lowest BCUT2D eigenvalue weighted by atomic mass is 10.3. The highest BCUT2D eigenvalue weighted by Gasteiger charge is 2.37. The fourth-order valence-electron chi connectivity index (χ4n) is 1.34. The molecule has 6 heteroatoms. The van der Waals surface area contributed by atoms with Crippen molar-refractivity contribution in [2.24, 2.45) is 0 Å². The van der Waals surface area contributed by atoms with E-state index in [1.165, 1.54) is 11.9 Å². The van der Waals surface area contributed by atoms with E-state index in [1.54, 1.807) is 0 Å². The maximum absolute atomic E-state index is 11.7. The first-order valence-corrected chi connectivity index (χ1v) is 4.79. The monoisotopic (exact) mass is 213 g/mol. The number of nitrogens with zero attached hydrogens (tertiary/aromatic N) is 2. The third kappa shape index (κ3) is 2.26. The summed E-state index contributed by atoms with van der Waals surface area (Å²) < 4.78 is 0. The molecule has 0 spiro atoms. The van der Waals surface area contributed by atoms with Crippen molar-refractivity contribution in [3.8, 4) is 0 Å². The van der Waals surface area contributed by atoms with E-state index in [2.05, 4.69) is 5.32 Å². The summed E-state index contributed by atoms with van der Waals surface area (Å²) in [6, 6.07) is -0.422. The van der Waals surface area contributed by atoms with Crippen LogP contribution in [0, 0.1) is 0 Å². The van der Waals surface area contributed by atoms with Gasteiger partial charge in [0, 0.05) is 13.1 Å². The molecule has 0 aromatic carbocycles. The summed E-state index contributed by atoms with van der Waals surface area (Å²) in [4.78, 5) is 36.6. The molecule has 0 aromatic rings. The predicted molar refractivity (Wildman–Crippen MR) is 53.0 cm³/mol. The van der Waals surface area contributed by atoms with Crippen molar-refractivity contribution in [2.75, 3.05) is 20.1 Å². The summed E-state index contributed by atoms with van der Waals surface area (Å²) in [7, 11) is 1.47. The van der Waals surface area contributed by atoms with Gasteiger partial charge < -0.3 is 10.2 Å². The number of carbonyl (C=O) groups is 3. The molecule has 0 saturated carbocycles. The zero-order chi connectivity index (χ0) is 11.6. The van der Waals surface area contributed by atoms with Gasteiger partial charge in [0.25, 0.3) is 5.91 Å². The minimum atomic E-state index is -0.390. The number of amides is 4. The van der Waals surface area contributed by atoms with Crippen molar-refractivity contribution in [3.05, 3.63) is 0 Å². The van der Waals surface area contributed by atoms with Gasteiger partial charge in [0.1, 0.15) is 13.1 Å². The molecule has 1 rings (SSSR count). The van der Waals surface area contributed by atoms with Crippen LogP contribution in [0.25, 0.3) is 0 Å². The van der Waals surface area contributed by atoms with Crippen molar-refractivity contribution in [1.82, 2.24) is 15.1 Å². The summed E-state index contributed by atoms with van der Waals surface area (Å²) in [6.07, 6.45) is 0. The molecule has 0 radical (unpaired) electrons. The van der Waals surface area contributed by atoms with E-state index < -0.39 is 6.03 Å². The summed E-state index contributed by atoms with van der Waals surface area (Å²) in [5.41, 5.74) is 0. The molecule has 1 aliphatic heterocycles. The standard InChI is InChI=1S/C9H15N3O3/c1-6(2)11-5-8(14)12(9(11)15)4-7(13)10-3/h6H,4-5H2,1-3H3,(H,10,13). The number of rotatable bonds is 3. The summed E-state index contributed by atoms with van der Waals surface area (Å²) in [5.74, 6) is -0.667. The Kier molecular flexibility index (Phi) is 3.28. The molecule has 1 fully saturated rings. The molecule has 0 unspecified atom stereocenters. The SMILES string of the molecule is CNC(=O)CN1C(=O)CN(C(C)C)C1=O. The zero-order valence-corrected chi connectivity index (χ0v) is 9.11. The highest BCUT2D eigenvalue weighted by molar-refractivity contribution is 6.04. The van der Waals surface area contributed by atoms with Crippen LogP contribution in [0.2, 0.25) is 0 Å². The first-order chi connectivity index (χ1) is 6.97. The number of hydrogen-bond donors (Lipinski definition) is 1. The van der Waals surface area contributed by atoms with Crippen LogP contribution in [0.5, 0.6) is 0 Å². The number of likely N-dealkylation sites (N-methyl/N-ethyl adjacent to an activating group) is 1. The zero-order valence-electron chi connectivity index (χ0n) is 9.11. The maximum Gasteiger partial charge on any atom is 0.327 e. The topological polar surface area (TPSA) is 69.7 Å². The Morgan fingerprint density at radius 1 is 1.47 bits per heavy atom. The average molecular weight is 213 g/mol. The van der Waals surface area contributed by atoms with Gasteiger partial charge in [-0.15, -0.1) is 0 Å². The van der Waals surface area contributed by atoms with Crippen LogP contribution < -0.4 is 5.32 Å². The molecule has 0 aliphatic carbocycles. The van der Waals surface area contributed by atoms with Crippen molar-refractivity contribution in [3.63, 3.8) is 0 Å². The number of nitrogens with one attached hydrogen (secondary N) is 1. The molecule has 15 heavy (non-hydrogen) atoms.